The molecule has 0 saturated heterocycles. The lowest BCUT2D eigenvalue weighted by Crippen LogP contribution is -2.31. The molecule has 2 heteroatoms. The second-order valence-electron chi connectivity index (χ2n) is 7.58. The summed E-state index contributed by atoms with van der Waals surface area (Å²) in [4.78, 5) is 0. The van der Waals surface area contributed by atoms with E-state index in [1.54, 1.807) is 7.11 Å². The zero-order valence-electron chi connectivity index (χ0n) is 15.6. The normalized spacial score (nSPS) is 27.3. The highest BCUT2D eigenvalue weighted by Crippen LogP contribution is 2.42. The summed E-state index contributed by atoms with van der Waals surface area (Å²) in [5, 5.41) is 0. The van der Waals surface area contributed by atoms with Crippen LogP contribution in [0.1, 0.15) is 38.2 Å². The molecule has 1 fully saturated rings. The molecular formula is C23H31NO. The Morgan fingerprint density at radius 3 is 2.68 bits per heavy atom. The van der Waals surface area contributed by atoms with Crippen molar-refractivity contribution in [1.82, 2.24) is 0 Å². The van der Waals surface area contributed by atoms with Crippen molar-refractivity contribution >= 4 is 0 Å². The summed E-state index contributed by atoms with van der Waals surface area (Å²) in [6.07, 6.45) is 8.03. The van der Waals surface area contributed by atoms with Crippen molar-refractivity contribution in [3.8, 4) is 0 Å². The minimum Gasteiger partial charge on any atom is -0.384 e. The van der Waals surface area contributed by atoms with Gasteiger partial charge in [0.25, 0.3) is 0 Å². The third-order valence-corrected chi connectivity index (χ3v) is 5.63. The molecule has 0 amide bonds. The second-order valence-corrected chi connectivity index (χ2v) is 7.58. The molecule has 134 valence electrons. The van der Waals surface area contributed by atoms with Gasteiger partial charge in [0.15, 0.2) is 0 Å². The molecule has 1 aromatic rings. The van der Waals surface area contributed by atoms with E-state index in [0.717, 1.165) is 32.3 Å². The van der Waals surface area contributed by atoms with E-state index in [0.29, 0.717) is 11.8 Å². The predicted molar refractivity (Wildman–Crippen MR) is 105 cm³/mol. The number of hydrogen-bond acceptors (Lipinski definition) is 2. The van der Waals surface area contributed by atoms with Gasteiger partial charge in [-0.15, -0.1) is 0 Å². The fraction of sp³-hybridized carbons (Fsp3) is 0.478. The number of nitrogens with two attached hydrogens (primary N) is 1. The fourth-order valence-corrected chi connectivity index (χ4v) is 4.61. The number of ether oxygens (including phenoxy) is 1. The van der Waals surface area contributed by atoms with Crippen molar-refractivity contribution in [3.63, 3.8) is 0 Å². The number of hydrogen-bond donors (Lipinski definition) is 1. The van der Waals surface area contributed by atoms with Gasteiger partial charge < -0.3 is 10.5 Å². The highest BCUT2D eigenvalue weighted by atomic mass is 16.5. The topological polar surface area (TPSA) is 35.2 Å². The first-order valence-corrected chi connectivity index (χ1v) is 9.51. The maximum atomic E-state index is 6.50. The Labute approximate surface area is 152 Å². The fourth-order valence-electron chi connectivity index (χ4n) is 4.61. The van der Waals surface area contributed by atoms with Crippen molar-refractivity contribution in [2.45, 2.75) is 45.1 Å². The summed E-state index contributed by atoms with van der Waals surface area (Å²) in [6.45, 7) is 7.35. The number of methoxy groups -OCH3 is 1. The molecule has 2 unspecified atom stereocenters. The van der Waals surface area contributed by atoms with Crippen molar-refractivity contribution < 1.29 is 4.74 Å². The first-order valence-electron chi connectivity index (χ1n) is 9.51. The zero-order valence-corrected chi connectivity index (χ0v) is 15.6. The van der Waals surface area contributed by atoms with E-state index < -0.39 is 0 Å². The van der Waals surface area contributed by atoms with Crippen molar-refractivity contribution in [2.24, 2.45) is 17.6 Å². The third-order valence-electron chi connectivity index (χ3n) is 5.63. The Morgan fingerprint density at radius 1 is 1.24 bits per heavy atom. The van der Waals surface area contributed by atoms with Gasteiger partial charge in [0, 0.05) is 19.1 Å². The SMILES string of the molecule is C=C1C2=C([C@H](C)N)C(Cc3ccccc3)CC(COC)/C=C\1CCC2. The largest absolute Gasteiger partial charge is 0.384 e. The third kappa shape index (κ3) is 4.13. The summed E-state index contributed by atoms with van der Waals surface area (Å²) in [6, 6.07) is 10.9. The van der Waals surface area contributed by atoms with E-state index in [9.17, 15) is 0 Å². The minimum atomic E-state index is 0.0705. The Hall–Kier alpha value is -1.64. The van der Waals surface area contributed by atoms with Crippen LogP contribution in [0.4, 0.5) is 0 Å². The molecule has 2 aliphatic carbocycles. The first-order chi connectivity index (χ1) is 12.1. The van der Waals surface area contributed by atoms with Gasteiger partial charge in [-0.1, -0.05) is 43.0 Å². The molecule has 0 spiro atoms. The van der Waals surface area contributed by atoms with Gasteiger partial charge in [0.2, 0.25) is 0 Å². The van der Waals surface area contributed by atoms with Crippen LogP contribution in [0.15, 0.2) is 65.3 Å². The molecule has 2 nitrogen and oxygen atoms in total. The van der Waals surface area contributed by atoms with Crippen LogP contribution < -0.4 is 5.73 Å². The first kappa shape index (κ1) is 18.2. The summed E-state index contributed by atoms with van der Waals surface area (Å²) < 4.78 is 5.52. The molecule has 1 saturated carbocycles. The van der Waals surface area contributed by atoms with Crippen molar-refractivity contribution in [2.75, 3.05) is 13.7 Å². The van der Waals surface area contributed by atoms with Gasteiger partial charge >= 0.3 is 0 Å². The predicted octanol–water partition coefficient (Wildman–Crippen LogP) is 4.82. The Kier molecular flexibility index (Phi) is 5.93. The van der Waals surface area contributed by atoms with Crippen LogP contribution in [0, 0.1) is 11.8 Å². The number of benzene rings is 1. The van der Waals surface area contributed by atoms with Gasteiger partial charge in [-0.3, -0.25) is 0 Å². The zero-order chi connectivity index (χ0) is 17.8. The van der Waals surface area contributed by atoms with Crippen LogP contribution in [-0.4, -0.2) is 19.8 Å². The summed E-state index contributed by atoms with van der Waals surface area (Å²) in [5.74, 6) is 0.879. The number of rotatable bonds is 5. The van der Waals surface area contributed by atoms with Crippen LogP contribution in [0.25, 0.3) is 0 Å². The molecule has 0 aliphatic heterocycles. The van der Waals surface area contributed by atoms with E-state index in [4.69, 9.17) is 10.5 Å². The number of fused-ring (bicyclic) bond motifs is 2. The maximum absolute atomic E-state index is 6.50. The van der Waals surface area contributed by atoms with Gasteiger partial charge in [0.05, 0.1) is 6.61 Å². The van der Waals surface area contributed by atoms with Crippen LogP contribution >= 0.6 is 0 Å². The molecular weight excluding hydrogens is 306 g/mol. The quantitative estimate of drug-likeness (QED) is 0.836. The highest BCUT2D eigenvalue weighted by Gasteiger charge is 2.30. The van der Waals surface area contributed by atoms with Crippen molar-refractivity contribution in [1.29, 1.82) is 0 Å². The molecule has 3 rings (SSSR count). The molecule has 0 heterocycles. The van der Waals surface area contributed by atoms with Gasteiger partial charge in [0.1, 0.15) is 0 Å². The minimum absolute atomic E-state index is 0.0705. The van der Waals surface area contributed by atoms with Crippen LogP contribution in [0.2, 0.25) is 0 Å². The summed E-state index contributed by atoms with van der Waals surface area (Å²) >= 11 is 0. The molecule has 0 radical (unpaired) electrons. The van der Waals surface area contributed by atoms with Crippen molar-refractivity contribution in [3.05, 3.63) is 70.8 Å². The summed E-state index contributed by atoms with van der Waals surface area (Å²) in [7, 11) is 1.80. The number of allylic oxidation sites excluding steroid dienone is 3. The maximum Gasteiger partial charge on any atom is 0.0525 e. The van der Waals surface area contributed by atoms with Gasteiger partial charge in [-0.2, -0.15) is 0 Å². The Bertz CT molecular complexity index is 669. The molecule has 2 N–H and O–H groups in total. The molecule has 2 aliphatic rings. The van der Waals surface area contributed by atoms with Crippen LogP contribution in [0.5, 0.6) is 0 Å². The lowest BCUT2D eigenvalue weighted by Gasteiger charge is -2.35. The molecule has 25 heavy (non-hydrogen) atoms. The lowest BCUT2D eigenvalue weighted by molar-refractivity contribution is 0.159. The average molecular weight is 338 g/mol. The highest BCUT2D eigenvalue weighted by molar-refractivity contribution is 5.51. The van der Waals surface area contributed by atoms with Crippen LogP contribution in [-0.2, 0) is 11.2 Å². The van der Waals surface area contributed by atoms with E-state index in [2.05, 4.69) is 49.9 Å². The summed E-state index contributed by atoms with van der Waals surface area (Å²) in [5.41, 5.74) is 13.4. The second kappa shape index (κ2) is 8.16. The Balaban J connectivity index is 2.02. The van der Waals surface area contributed by atoms with E-state index >= 15 is 0 Å². The molecule has 3 atom stereocenters. The van der Waals surface area contributed by atoms with E-state index in [-0.39, 0.29) is 6.04 Å². The average Bonchev–Trinajstić information content (AvgIpc) is 2.59. The van der Waals surface area contributed by atoms with Gasteiger partial charge in [-0.25, -0.2) is 0 Å². The van der Waals surface area contributed by atoms with E-state index in [1.807, 2.05) is 0 Å². The Morgan fingerprint density at radius 2 is 2.00 bits per heavy atom. The van der Waals surface area contributed by atoms with E-state index in [1.165, 1.54) is 34.3 Å². The molecule has 1 aromatic carbocycles. The molecule has 2 bridgehead atoms. The standard InChI is InChI=1S/C23H31NO/c1-16-20-10-7-11-22(16)23(17(2)24)21(14-19(13-20)15-25-3)12-18-8-5-4-6-9-18/h4-6,8-9,13,17,19,21H,1,7,10-12,14-15,24H2,2-3H3/b20-13-,23-22?/t17-,19?,21?/m0/s1. The monoisotopic (exact) mass is 337 g/mol. The van der Waals surface area contributed by atoms with Gasteiger partial charge in [-0.05, 0) is 72.8 Å². The lowest BCUT2D eigenvalue weighted by atomic mass is 9.71. The molecule has 0 aromatic heterocycles. The van der Waals surface area contributed by atoms with Crippen LogP contribution in [0.3, 0.4) is 0 Å². The smallest absolute Gasteiger partial charge is 0.0525 e.